The molecule has 2 N–H and O–H groups in total. The first-order valence-corrected chi connectivity index (χ1v) is 20.5. The van der Waals surface area contributed by atoms with Crippen molar-refractivity contribution in [3.8, 4) is 0 Å². The van der Waals surface area contributed by atoms with Crippen LogP contribution in [0.4, 0.5) is 0 Å². The number of carbonyl (C=O) groups excluding carboxylic acids is 3. The maximum atomic E-state index is 13.6. The van der Waals surface area contributed by atoms with E-state index < -0.39 is 78.6 Å². The Balaban J connectivity index is 2.60. The van der Waals surface area contributed by atoms with Crippen LogP contribution in [0.5, 0.6) is 0 Å². The van der Waals surface area contributed by atoms with Crippen molar-refractivity contribution in [2.45, 2.75) is 172 Å². The zero-order valence-corrected chi connectivity index (χ0v) is 35.8. The Hall–Kier alpha value is -1.43. The Bertz CT molecular complexity index is 1180. The van der Waals surface area contributed by atoms with Gasteiger partial charge in [0, 0.05) is 12.8 Å². The average molecular weight is 821 g/mol. The summed E-state index contributed by atoms with van der Waals surface area (Å²) in [6, 6.07) is 0. The van der Waals surface area contributed by atoms with Gasteiger partial charge in [-0.05, 0) is 6.42 Å². The molecule has 0 aromatic rings. The van der Waals surface area contributed by atoms with Crippen molar-refractivity contribution in [1.29, 1.82) is 0 Å². The summed E-state index contributed by atoms with van der Waals surface area (Å²) in [5, 5.41) is 22.1. The van der Waals surface area contributed by atoms with E-state index in [1.165, 1.54) is 28.1 Å². The van der Waals surface area contributed by atoms with Crippen LogP contribution in [-0.4, -0.2) is 155 Å². The molecule has 2 heterocycles. The number of esters is 2. The van der Waals surface area contributed by atoms with E-state index >= 15 is 0 Å². The average Bonchev–Trinajstić information content (AvgIpc) is 3.54. The maximum absolute atomic E-state index is 13.6. The Labute approximate surface area is 336 Å². The van der Waals surface area contributed by atoms with Crippen LogP contribution in [0, 0.1) is 0 Å². The smallest absolute Gasteiger partial charge is 0.0653 e. The van der Waals surface area contributed by atoms with E-state index in [1.54, 1.807) is 20.4 Å². The number of hydrogen-bond acceptors (Lipinski definition) is 16. The van der Waals surface area contributed by atoms with Gasteiger partial charge in [-0.25, -0.2) is 0 Å². The number of ketones is 1. The number of Topliss-reactive ketones (excluding diaryl/α,β-unsaturated/α-hetero) is 1. The first-order valence-electron chi connectivity index (χ1n) is 19.9. The predicted molar refractivity (Wildman–Crippen MR) is 209 cm³/mol. The number of hydrogen-bond donors (Lipinski definition) is 2. The van der Waals surface area contributed by atoms with Crippen LogP contribution < -0.4 is 0 Å². The third kappa shape index (κ3) is 16.3. The third-order valence-electron chi connectivity index (χ3n) is 9.46. The molecular formula is C37H67B2O16P. The van der Waals surface area contributed by atoms with E-state index in [0.717, 1.165) is 32.1 Å². The summed E-state index contributed by atoms with van der Waals surface area (Å²) < 4.78 is 66.2. The van der Waals surface area contributed by atoms with Gasteiger partial charge in [0.1, 0.15) is 5.78 Å². The summed E-state index contributed by atoms with van der Waals surface area (Å²) in [6.07, 6.45) is -5.40. The second-order valence-electron chi connectivity index (χ2n) is 14.4. The van der Waals surface area contributed by atoms with Crippen molar-refractivity contribution in [1.82, 2.24) is 0 Å². The van der Waals surface area contributed by atoms with Gasteiger partial charge in [-0.2, -0.15) is 0 Å². The van der Waals surface area contributed by atoms with Gasteiger partial charge < -0.3 is 0 Å². The molecule has 0 aromatic carbocycles. The molecule has 56 heavy (non-hydrogen) atoms. The number of aliphatic hydroxyl groups is 2. The monoisotopic (exact) mass is 820 g/mol. The Kier molecular flexibility index (Phi) is 24.1. The minimum atomic E-state index is -2.05. The summed E-state index contributed by atoms with van der Waals surface area (Å²) in [7, 11) is 6.35. The summed E-state index contributed by atoms with van der Waals surface area (Å²) in [4.78, 5) is 38.8. The van der Waals surface area contributed by atoms with Crippen molar-refractivity contribution in [2.75, 3.05) is 47.3 Å². The normalized spacial score (nSPS) is 26.1. The van der Waals surface area contributed by atoms with E-state index in [-0.39, 0.29) is 51.5 Å². The van der Waals surface area contributed by atoms with Crippen LogP contribution in [0.3, 0.4) is 0 Å². The number of ether oxygens (including phenoxy) is 10. The molecule has 19 heteroatoms. The quantitative estimate of drug-likeness (QED) is 0.0368. The minimum Gasteiger partial charge on any atom is -0.0653 e. The van der Waals surface area contributed by atoms with Gasteiger partial charge in [-0.3, -0.25) is 4.79 Å². The Morgan fingerprint density at radius 2 is 1.66 bits per heavy atom. The van der Waals surface area contributed by atoms with Crippen LogP contribution in [-0.2, 0) is 66.4 Å². The second kappa shape index (κ2) is 26.6. The summed E-state index contributed by atoms with van der Waals surface area (Å²) >= 11 is 0. The fourth-order valence-electron chi connectivity index (χ4n) is 6.53. The van der Waals surface area contributed by atoms with Crippen LogP contribution in [0.25, 0.3) is 0 Å². The Morgan fingerprint density at radius 3 is 2.23 bits per heavy atom. The van der Waals surface area contributed by atoms with Gasteiger partial charge >= 0.3 is 279 Å². The van der Waals surface area contributed by atoms with Gasteiger partial charge in [0.25, 0.3) is 0 Å². The molecule has 0 radical (unpaired) electrons. The molecule has 2 aliphatic rings. The van der Waals surface area contributed by atoms with Gasteiger partial charge in [0.15, 0.2) is 0 Å². The number of methoxy groups -OCH3 is 2. The van der Waals surface area contributed by atoms with Gasteiger partial charge in [0.2, 0.25) is 0 Å². The minimum absolute atomic E-state index is 0.00792. The molecule has 322 valence electrons. The molecule has 3 unspecified atom stereocenters. The first-order chi connectivity index (χ1) is 26.7. The van der Waals surface area contributed by atoms with Crippen LogP contribution in [0.2, 0.25) is 0 Å². The first kappa shape index (κ1) is 50.7. The van der Waals surface area contributed by atoms with Gasteiger partial charge in [-0.1, -0.05) is 20.3 Å². The summed E-state index contributed by atoms with van der Waals surface area (Å²) in [6.45, 7) is 12.4. The van der Waals surface area contributed by atoms with E-state index in [4.69, 9.17) is 52.0 Å². The fraction of sp³-hybridized carbons (Fsp3) is 0.919. The van der Waals surface area contributed by atoms with Crippen molar-refractivity contribution < 1.29 is 76.6 Å². The molecule has 0 saturated carbocycles. The molecule has 16 nitrogen and oxygen atoms in total. The predicted octanol–water partition coefficient (Wildman–Crippen LogP) is 2.78. The number of unbranched alkanes of at least 4 members (excludes halogenated alkanes) is 3. The number of carbonyl (C=O) groups is 3. The molecule has 2 fully saturated rings. The van der Waals surface area contributed by atoms with Crippen molar-refractivity contribution in [2.24, 2.45) is 0 Å². The number of aliphatic hydroxyl groups excluding tert-OH is 2. The molecule has 11 atom stereocenters. The van der Waals surface area contributed by atoms with Crippen molar-refractivity contribution in [3.63, 3.8) is 0 Å². The molecule has 2 rings (SSSR count). The molecule has 0 aliphatic carbocycles. The van der Waals surface area contributed by atoms with E-state index in [9.17, 15) is 24.6 Å². The molecule has 0 amide bonds. The fourth-order valence-corrected chi connectivity index (χ4v) is 6.63. The summed E-state index contributed by atoms with van der Waals surface area (Å²) in [5.41, 5.74) is 0. The van der Waals surface area contributed by atoms with E-state index in [1.807, 2.05) is 20.8 Å². The van der Waals surface area contributed by atoms with Gasteiger partial charge in [-0.15, -0.1) is 0 Å². The summed E-state index contributed by atoms with van der Waals surface area (Å²) in [5.74, 6) is -4.72. The molecule has 0 aromatic heterocycles. The molecule has 2 aliphatic heterocycles. The zero-order chi connectivity index (χ0) is 41.7. The third-order valence-corrected chi connectivity index (χ3v) is 9.62. The molecule has 0 spiro atoms. The zero-order valence-electron chi connectivity index (χ0n) is 34.6. The Morgan fingerprint density at radius 1 is 0.964 bits per heavy atom. The van der Waals surface area contributed by atoms with Crippen molar-refractivity contribution in [3.05, 3.63) is 0 Å². The van der Waals surface area contributed by atoms with E-state index in [2.05, 4.69) is 9.12 Å². The SMILES string of the molecule is CCCCO[C@@H](CO)C[C@@H](OB=BP)C(OC)[C@@H](OC(C)=O)[C@H](O)O[C@H]1C([C@H]2COC(C)(C)O2)O[C@@](OCCC(=O)CCCC)(C(=O)OC)C[C@H]1OCCCC. The molecule has 0 bridgehead atoms. The van der Waals surface area contributed by atoms with E-state index in [0.29, 0.717) is 19.4 Å². The topological polar surface area (TPSA) is 193 Å². The second-order valence-corrected chi connectivity index (χ2v) is 14.8. The molecular weight excluding hydrogens is 753 g/mol. The van der Waals surface area contributed by atoms with Crippen LogP contribution in [0.1, 0.15) is 106 Å². The standard InChI is InChI=1S/C37H67B2O16P/c1-9-12-15-25(42)16-19-49-37(35(44)46-8)21-28(48-18-14-11-3)31(32(54-37)29-23-50-36(5,6)53-29)52-34(43)33(51-24(4)41)30(45-7)27(55-38-39-56)20-26(22-40)47-17-13-10-2/h26-34,40,43H,9-23,56H2,1-8H3/t26-,27-,28-,29-,30?,31-,32?,33-,34-,37-/m1/s1. The molecule has 2 saturated heterocycles. The van der Waals surface area contributed by atoms with Gasteiger partial charge in [0.05, 0.1) is 7.11 Å². The van der Waals surface area contributed by atoms with Crippen LogP contribution in [0.15, 0.2) is 0 Å². The number of rotatable bonds is 29. The van der Waals surface area contributed by atoms with Crippen molar-refractivity contribution >= 4 is 40.4 Å². The van der Waals surface area contributed by atoms with Crippen LogP contribution >= 0.6 is 9.12 Å².